The van der Waals surface area contributed by atoms with Crippen molar-refractivity contribution in [3.8, 4) is 0 Å². The Labute approximate surface area is 157 Å². The van der Waals surface area contributed by atoms with Crippen LogP contribution in [0.1, 0.15) is 45.2 Å². The van der Waals surface area contributed by atoms with Crippen LogP contribution in [-0.4, -0.2) is 5.71 Å². The Balaban J connectivity index is 1.93. The average molecular weight is 345 g/mol. The van der Waals surface area contributed by atoms with E-state index in [2.05, 4.69) is 82.5 Å². The average Bonchev–Trinajstić information content (AvgIpc) is 2.84. The summed E-state index contributed by atoms with van der Waals surface area (Å²) in [5, 5.41) is 4.82. The molecule has 1 N–H and O–H groups in total. The maximum Gasteiger partial charge on any atom is 0.0720 e. The second-order valence-electron chi connectivity index (χ2n) is 7.21. The fourth-order valence-corrected chi connectivity index (χ4v) is 3.58. The van der Waals surface area contributed by atoms with E-state index in [9.17, 15) is 0 Å². The first-order valence-electron chi connectivity index (χ1n) is 9.30. The first kappa shape index (κ1) is 18.2. The zero-order valence-corrected chi connectivity index (χ0v) is 16.4. The molecule has 2 aromatic rings. The van der Waals surface area contributed by atoms with Crippen molar-refractivity contribution in [1.82, 2.24) is 0 Å². The molecular formula is C24H28N2. The van der Waals surface area contributed by atoms with Crippen LogP contribution in [0.2, 0.25) is 0 Å². The van der Waals surface area contributed by atoms with Gasteiger partial charge in [-0.15, -0.1) is 0 Å². The highest BCUT2D eigenvalue weighted by Crippen LogP contribution is 2.38. The Morgan fingerprint density at radius 2 is 1.54 bits per heavy atom. The van der Waals surface area contributed by atoms with E-state index >= 15 is 0 Å². The molecule has 0 spiro atoms. The van der Waals surface area contributed by atoms with E-state index < -0.39 is 0 Å². The van der Waals surface area contributed by atoms with Crippen LogP contribution in [0.5, 0.6) is 0 Å². The molecule has 1 aliphatic rings. The topological polar surface area (TPSA) is 24.4 Å². The van der Waals surface area contributed by atoms with Crippen molar-refractivity contribution < 1.29 is 0 Å². The molecule has 1 unspecified atom stereocenters. The normalized spacial score (nSPS) is 17.9. The van der Waals surface area contributed by atoms with Crippen molar-refractivity contribution in [2.45, 2.75) is 41.0 Å². The number of nitrogens with zero attached hydrogens (tertiary/aromatic N) is 1. The van der Waals surface area contributed by atoms with Gasteiger partial charge in [-0.3, -0.25) is 5.43 Å². The number of anilines is 1. The first-order chi connectivity index (χ1) is 12.5. The number of hydrogen-bond donors (Lipinski definition) is 1. The van der Waals surface area contributed by atoms with Gasteiger partial charge < -0.3 is 0 Å². The van der Waals surface area contributed by atoms with Crippen LogP contribution >= 0.6 is 0 Å². The Morgan fingerprint density at radius 3 is 2.15 bits per heavy atom. The molecule has 0 radical (unpaired) electrons. The van der Waals surface area contributed by atoms with Crippen molar-refractivity contribution in [2.75, 3.05) is 5.43 Å². The summed E-state index contributed by atoms with van der Waals surface area (Å²) in [5.41, 5.74) is 13.6. The van der Waals surface area contributed by atoms with Crippen LogP contribution in [0.4, 0.5) is 5.69 Å². The second kappa shape index (κ2) is 7.74. The van der Waals surface area contributed by atoms with Gasteiger partial charge >= 0.3 is 0 Å². The number of allylic oxidation sites excluding steroid dienone is 4. The predicted molar refractivity (Wildman–Crippen MR) is 113 cm³/mol. The van der Waals surface area contributed by atoms with Crippen LogP contribution in [-0.2, 0) is 0 Å². The van der Waals surface area contributed by atoms with Crippen LogP contribution < -0.4 is 5.43 Å². The summed E-state index contributed by atoms with van der Waals surface area (Å²) in [6.07, 6.45) is 0.866. The molecule has 2 heteroatoms. The quantitative estimate of drug-likeness (QED) is 0.485. The third-order valence-electron chi connectivity index (χ3n) is 5.73. The second-order valence-corrected chi connectivity index (χ2v) is 7.21. The number of benzene rings is 2. The standard InChI is InChI=1S/C24H28N2/c1-16-11-9-10-14-23(16)25-26-24(21-12-7-6-8-13-21)15-22-19(4)17(2)18(3)20(22)5/h6-14,19,25H,15H2,1-5H3. The molecule has 1 aliphatic carbocycles. The summed E-state index contributed by atoms with van der Waals surface area (Å²) in [6, 6.07) is 18.7. The van der Waals surface area contributed by atoms with Crippen LogP contribution in [0.15, 0.2) is 82.0 Å². The van der Waals surface area contributed by atoms with Gasteiger partial charge in [-0.25, -0.2) is 0 Å². The molecule has 0 bridgehead atoms. The minimum absolute atomic E-state index is 0.488. The zero-order chi connectivity index (χ0) is 18.7. The van der Waals surface area contributed by atoms with E-state index in [0.717, 1.165) is 17.8 Å². The minimum atomic E-state index is 0.488. The van der Waals surface area contributed by atoms with E-state index in [1.165, 1.54) is 33.4 Å². The van der Waals surface area contributed by atoms with Gasteiger partial charge in [0.1, 0.15) is 0 Å². The van der Waals surface area contributed by atoms with Gasteiger partial charge in [0.15, 0.2) is 0 Å². The van der Waals surface area contributed by atoms with Gasteiger partial charge in [0.2, 0.25) is 0 Å². The van der Waals surface area contributed by atoms with Gasteiger partial charge in [0, 0.05) is 6.42 Å². The van der Waals surface area contributed by atoms with Crippen LogP contribution in [0.3, 0.4) is 0 Å². The molecule has 26 heavy (non-hydrogen) atoms. The molecule has 2 aromatic carbocycles. The van der Waals surface area contributed by atoms with Crippen LogP contribution in [0.25, 0.3) is 0 Å². The molecule has 134 valence electrons. The summed E-state index contributed by atoms with van der Waals surface area (Å²) in [6.45, 7) is 11.1. The third-order valence-corrected chi connectivity index (χ3v) is 5.73. The van der Waals surface area contributed by atoms with Crippen molar-refractivity contribution in [3.05, 3.63) is 88.0 Å². The largest absolute Gasteiger partial charge is 0.278 e. The van der Waals surface area contributed by atoms with Crippen molar-refractivity contribution in [3.63, 3.8) is 0 Å². The fraction of sp³-hybridized carbons (Fsp3) is 0.292. The number of rotatable bonds is 5. The van der Waals surface area contributed by atoms with Crippen molar-refractivity contribution in [2.24, 2.45) is 11.0 Å². The monoisotopic (exact) mass is 344 g/mol. The Morgan fingerprint density at radius 1 is 0.885 bits per heavy atom. The third kappa shape index (κ3) is 3.65. The van der Waals surface area contributed by atoms with E-state index in [1.54, 1.807) is 0 Å². The molecule has 0 amide bonds. The molecule has 0 saturated heterocycles. The lowest BCUT2D eigenvalue weighted by Crippen LogP contribution is -2.10. The van der Waals surface area contributed by atoms with Crippen LogP contribution in [0, 0.1) is 12.8 Å². The fourth-order valence-electron chi connectivity index (χ4n) is 3.58. The highest BCUT2D eigenvalue weighted by Gasteiger charge is 2.24. The zero-order valence-electron chi connectivity index (χ0n) is 16.4. The number of hydrazone groups is 1. The molecule has 0 aromatic heterocycles. The van der Waals surface area contributed by atoms with Gasteiger partial charge in [0.25, 0.3) is 0 Å². The van der Waals surface area contributed by atoms with Gasteiger partial charge in [-0.05, 0) is 62.0 Å². The van der Waals surface area contributed by atoms with Crippen molar-refractivity contribution >= 4 is 11.4 Å². The molecule has 0 heterocycles. The van der Waals surface area contributed by atoms with Gasteiger partial charge in [0.05, 0.1) is 11.4 Å². The van der Waals surface area contributed by atoms with E-state index in [4.69, 9.17) is 5.10 Å². The first-order valence-corrected chi connectivity index (χ1v) is 9.30. The summed E-state index contributed by atoms with van der Waals surface area (Å²) >= 11 is 0. The number of para-hydroxylation sites is 1. The minimum Gasteiger partial charge on any atom is -0.278 e. The Bertz CT molecular complexity index is 885. The van der Waals surface area contributed by atoms with Gasteiger partial charge in [-0.2, -0.15) is 5.10 Å². The summed E-state index contributed by atoms with van der Waals surface area (Å²) in [5.74, 6) is 0.488. The SMILES string of the molecule is CC1=C(C)C(C)C(CC(=NNc2ccccc2C)c2ccccc2)=C1C. The highest BCUT2D eigenvalue weighted by atomic mass is 15.3. The molecule has 0 fully saturated rings. The number of hydrogen-bond acceptors (Lipinski definition) is 2. The van der Waals surface area contributed by atoms with E-state index in [1.807, 2.05) is 12.1 Å². The molecule has 0 saturated carbocycles. The lowest BCUT2D eigenvalue weighted by atomic mass is 9.91. The Kier molecular flexibility index (Phi) is 5.41. The lowest BCUT2D eigenvalue weighted by molar-refractivity contribution is 0.798. The summed E-state index contributed by atoms with van der Waals surface area (Å²) in [7, 11) is 0. The van der Waals surface area contributed by atoms with Gasteiger partial charge in [-0.1, -0.05) is 66.6 Å². The maximum absolute atomic E-state index is 4.82. The molecule has 0 aliphatic heterocycles. The molecule has 1 atom stereocenters. The van der Waals surface area contributed by atoms with E-state index in [0.29, 0.717) is 5.92 Å². The predicted octanol–water partition coefficient (Wildman–Crippen LogP) is 6.50. The maximum atomic E-state index is 4.82. The summed E-state index contributed by atoms with van der Waals surface area (Å²) < 4.78 is 0. The van der Waals surface area contributed by atoms with Crippen molar-refractivity contribution in [1.29, 1.82) is 0 Å². The molecular weight excluding hydrogens is 316 g/mol. The lowest BCUT2D eigenvalue weighted by Gasteiger charge is -2.15. The molecule has 2 nitrogen and oxygen atoms in total. The smallest absolute Gasteiger partial charge is 0.0720 e. The Hall–Kier alpha value is -2.61. The summed E-state index contributed by atoms with van der Waals surface area (Å²) in [4.78, 5) is 0. The number of nitrogens with one attached hydrogen (secondary N) is 1. The highest BCUT2D eigenvalue weighted by molar-refractivity contribution is 6.02. The molecule has 3 rings (SSSR count). The van der Waals surface area contributed by atoms with E-state index in [-0.39, 0.29) is 0 Å². The number of aryl methyl sites for hydroxylation is 1.